The first-order valence-corrected chi connectivity index (χ1v) is 5.31. The molecule has 0 aliphatic rings. The summed E-state index contributed by atoms with van der Waals surface area (Å²) in [6.45, 7) is 0.419. The van der Waals surface area contributed by atoms with Gasteiger partial charge in [-0.1, -0.05) is 0 Å². The summed E-state index contributed by atoms with van der Waals surface area (Å²) in [6, 6.07) is 3.26. The van der Waals surface area contributed by atoms with Crippen molar-refractivity contribution in [3.8, 4) is 0 Å². The molecule has 6 nitrogen and oxygen atoms in total. The molecule has 0 fully saturated rings. The van der Waals surface area contributed by atoms with Crippen molar-refractivity contribution in [3.63, 3.8) is 0 Å². The highest BCUT2D eigenvalue weighted by atomic mass is 16.4. The van der Waals surface area contributed by atoms with Crippen LogP contribution in [0.5, 0.6) is 0 Å². The molecule has 0 radical (unpaired) electrons. The zero-order chi connectivity index (χ0) is 12.7. The number of carbonyl (C=O) groups is 2. The van der Waals surface area contributed by atoms with E-state index in [0.29, 0.717) is 25.1 Å². The number of amides is 1. The first-order valence-electron chi connectivity index (χ1n) is 5.31. The molecule has 1 rings (SSSR count). The molecule has 4 N–H and O–H groups in total. The maximum atomic E-state index is 11.6. The summed E-state index contributed by atoms with van der Waals surface area (Å²) in [5, 5.41) is 11.1. The van der Waals surface area contributed by atoms with E-state index in [1.54, 1.807) is 12.1 Å². The van der Waals surface area contributed by atoms with E-state index >= 15 is 0 Å². The van der Waals surface area contributed by atoms with E-state index in [4.69, 9.17) is 10.8 Å². The van der Waals surface area contributed by atoms with Crippen molar-refractivity contribution in [2.45, 2.75) is 19.3 Å². The number of hydrogen-bond acceptors (Lipinski definition) is 4. The van der Waals surface area contributed by atoms with Crippen molar-refractivity contribution >= 4 is 17.6 Å². The van der Waals surface area contributed by atoms with Crippen LogP contribution >= 0.6 is 0 Å². The van der Waals surface area contributed by atoms with Gasteiger partial charge in [0.25, 0.3) is 5.91 Å². The number of pyridine rings is 1. The Labute approximate surface area is 98.8 Å². The van der Waals surface area contributed by atoms with Crippen LogP contribution in [0.2, 0.25) is 0 Å². The van der Waals surface area contributed by atoms with E-state index in [0.717, 1.165) is 0 Å². The second kappa shape index (κ2) is 6.47. The quantitative estimate of drug-likeness (QED) is 0.630. The summed E-state index contributed by atoms with van der Waals surface area (Å²) in [7, 11) is 0. The highest BCUT2D eigenvalue weighted by Crippen LogP contribution is 2.06. The predicted octanol–water partition coefficient (Wildman–Crippen LogP) is 0.649. The normalized spacial score (nSPS) is 9.88. The average molecular weight is 237 g/mol. The van der Waals surface area contributed by atoms with Gasteiger partial charge in [0.1, 0.15) is 0 Å². The summed E-state index contributed by atoms with van der Waals surface area (Å²) in [4.78, 5) is 25.7. The molecule has 92 valence electrons. The molecule has 0 bridgehead atoms. The number of carboxylic acid groups (broad SMARTS) is 1. The molecule has 0 atom stereocenters. The van der Waals surface area contributed by atoms with Crippen LogP contribution in [0.4, 0.5) is 5.69 Å². The summed E-state index contributed by atoms with van der Waals surface area (Å²) in [5.74, 6) is -1.16. The summed E-state index contributed by atoms with van der Waals surface area (Å²) < 4.78 is 0. The van der Waals surface area contributed by atoms with Crippen molar-refractivity contribution < 1.29 is 14.7 Å². The molecule has 0 spiro atoms. The zero-order valence-electron chi connectivity index (χ0n) is 9.35. The largest absolute Gasteiger partial charge is 0.481 e. The van der Waals surface area contributed by atoms with Gasteiger partial charge in [-0.05, 0) is 25.0 Å². The Balaban J connectivity index is 2.31. The lowest BCUT2D eigenvalue weighted by molar-refractivity contribution is -0.137. The van der Waals surface area contributed by atoms with Gasteiger partial charge in [0.05, 0.1) is 5.69 Å². The van der Waals surface area contributed by atoms with Crippen LogP contribution in [0.15, 0.2) is 18.3 Å². The lowest BCUT2D eigenvalue weighted by atomic mass is 10.2. The smallest absolute Gasteiger partial charge is 0.303 e. The molecular formula is C11H15N3O3. The fourth-order valence-corrected chi connectivity index (χ4v) is 1.29. The molecule has 1 aromatic rings. The van der Waals surface area contributed by atoms with Gasteiger partial charge < -0.3 is 16.2 Å². The van der Waals surface area contributed by atoms with Crippen LogP contribution in [0, 0.1) is 0 Å². The molecule has 1 heterocycles. The van der Waals surface area contributed by atoms with E-state index in [1.807, 2.05) is 0 Å². The van der Waals surface area contributed by atoms with Gasteiger partial charge in [0.2, 0.25) is 0 Å². The number of unbranched alkanes of at least 4 members (excludes halogenated alkanes) is 1. The SMILES string of the molecule is Nc1cccnc1C(=O)NCCCCC(=O)O. The Morgan fingerprint density at radius 1 is 1.41 bits per heavy atom. The van der Waals surface area contributed by atoms with E-state index < -0.39 is 5.97 Å². The van der Waals surface area contributed by atoms with E-state index in [9.17, 15) is 9.59 Å². The molecule has 0 unspecified atom stereocenters. The average Bonchev–Trinajstić information content (AvgIpc) is 2.28. The van der Waals surface area contributed by atoms with Crippen molar-refractivity contribution in [1.82, 2.24) is 10.3 Å². The van der Waals surface area contributed by atoms with Crippen molar-refractivity contribution in [3.05, 3.63) is 24.0 Å². The number of aromatic nitrogens is 1. The first-order chi connectivity index (χ1) is 8.11. The Hall–Kier alpha value is -2.11. The molecule has 1 aromatic heterocycles. The summed E-state index contributed by atoms with van der Waals surface area (Å²) in [5.41, 5.74) is 6.12. The monoisotopic (exact) mass is 237 g/mol. The number of aliphatic carboxylic acids is 1. The maximum absolute atomic E-state index is 11.6. The Morgan fingerprint density at radius 2 is 2.18 bits per heavy atom. The molecule has 0 aliphatic heterocycles. The molecule has 0 saturated carbocycles. The third-order valence-corrected chi connectivity index (χ3v) is 2.16. The van der Waals surface area contributed by atoms with Crippen LogP contribution in [0.3, 0.4) is 0 Å². The Bertz CT molecular complexity index is 407. The molecule has 6 heteroatoms. The third-order valence-electron chi connectivity index (χ3n) is 2.16. The number of anilines is 1. The molecule has 0 saturated heterocycles. The van der Waals surface area contributed by atoms with E-state index in [1.165, 1.54) is 6.20 Å². The first kappa shape index (κ1) is 13.0. The van der Waals surface area contributed by atoms with Gasteiger partial charge in [-0.3, -0.25) is 9.59 Å². The molecule has 1 amide bonds. The number of nitrogens with two attached hydrogens (primary N) is 1. The summed E-state index contributed by atoms with van der Waals surface area (Å²) >= 11 is 0. The van der Waals surface area contributed by atoms with Gasteiger partial charge in [0, 0.05) is 19.2 Å². The minimum atomic E-state index is -0.828. The van der Waals surface area contributed by atoms with Gasteiger partial charge in [0.15, 0.2) is 5.69 Å². The maximum Gasteiger partial charge on any atom is 0.303 e. The standard InChI is InChI=1S/C11H15N3O3/c12-8-4-3-7-13-10(8)11(17)14-6-2-1-5-9(15)16/h3-4,7H,1-2,5-6,12H2,(H,14,17)(H,15,16). The van der Waals surface area contributed by atoms with Crippen molar-refractivity contribution in [2.24, 2.45) is 0 Å². The van der Waals surface area contributed by atoms with Crippen LogP contribution in [0.25, 0.3) is 0 Å². The Morgan fingerprint density at radius 3 is 2.82 bits per heavy atom. The topological polar surface area (TPSA) is 105 Å². The molecular weight excluding hydrogens is 222 g/mol. The molecule has 0 aromatic carbocycles. The number of nitrogen functional groups attached to an aromatic ring is 1. The van der Waals surface area contributed by atoms with Gasteiger partial charge >= 0.3 is 5.97 Å². The van der Waals surface area contributed by atoms with Crippen molar-refractivity contribution in [2.75, 3.05) is 12.3 Å². The third kappa shape index (κ3) is 4.50. The van der Waals surface area contributed by atoms with Gasteiger partial charge in [-0.25, -0.2) is 4.98 Å². The fraction of sp³-hybridized carbons (Fsp3) is 0.364. The fourth-order valence-electron chi connectivity index (χ4n) is 1.29. The van der Waals surface area contributed by atoms with Crippen LogP contribution in [0.1, 0.15) is 29.8 Å². The van der Waals surface area contributed by atoms with E-state index in [-0.39, 0.29) is 18.0 Å². The second-order valence-corrected chi connectivity index (χ2v) is 3.55. The lowest BCUT2D eigenvalue weighted by Gasteiger charge is -2.05. The zero-order valence-corrected chi connectivity index (χ0v) is 9.35. The minimum Gasteiger partial charge on any atom is -0.481 e. The predicted molar refractivity (Wildman–Crippen MR) is 62.5 cm³/mol. The number of carboxylic acids is 1. The highest BCUT2D eigenvalue weighted by Gasteiger charge is 2.09. The molecule has 17 heavy (non-hydrogen) atoms. The van der Waals surface area contributed by atoms with Gasteiger partial charge in [-0.2, -0.15) is 0 Å². The van der Waals surface area contributed by atoms with E-state index in [2.05, 4.69) is 10.3 Å². The number of nitrogens with zero attached hydrogens (tertiary/aromatic N) is 1. The number of carbonyl (C=O) groups excluding carboxylic acids is 1. The summed E-state index contributed by atoms with van der Waals surface area (Å²) in [6.07, 6.45) is 2.76. The number of nitrogens with one attached hydrogen (secondary N) is 1. The highest BCUT2D eigenvalue weighted by molar-refractivity contribution is 5.96. The minimum absolute atomic E-state index is 0.113. The van der Waals surface area contributed by atoms with Gasteiger partial charge in [-0.15, -0.1) is 0 Å². The number of rotatable bonds is 6. The second-order valence-electron chi connectivity index (χ2n) is 3.55. The lowest BCUT2D eigenvalue weighted by Crippen LogP contribution is -2.26. The molecule has 0 aliphatic carbocycles. The Kier molecular flexibility index (Phi) is 4.93. The van der Waals surface area contributed by atoms with Crippen LogP contribution in [-0.4, -0.2) is 28.5 Å². The van der Waals surface area contributed by atoms with Crippen LogP contribution < -0.4 is 11.1 Å². The van der Waals surface area contributed by atoms with Crippen molar-refractivity contribution in [1.29, 1.82) is 0 Å². The number of hydrogen-bond donors (Lipinski definition) is 3. The van der Waals surface area contributed by atoms with Crippen LogP contribution in [-0.2, 0) is 4.79 Å².